The molecule has 2 rings (SSSR count). The van der Waals surface area contributed by atoms with Gasteiger partial charge < -0.3 is 10.1 Å². The first-order chi connectivity index (χ1) is 11.0. The summed E-state index contributed by atoms with van der Waals surface area (Å²) in [4.78, 5) is 15.8. The Morgan fingerprint density at radius 3 is 2.42 bits per heavy atom. The summed E-state index contributed by atoms with van der Waals surface area (Å²) in [6.45, 7) is 4.71. The van der Waals surface area contributed by atoms with E-state index in [1.54, 1.807) is 39.0 Å². The van der Waals surface area contributed by atoms with E-state index in [-0.39, 0.29) is 5.69 Å². The normalized spacial score (nSPS) is 13.6. The summed E-state index contributed by atoms with van der Waals surface area (Å²) in [7, 11) is 0. The molecule has 0 bridgehead atoms. The van der Waals surface area contributed by atoms with Crippen LogP contribution in [0.3, 0.4) is 0 Å². The molecule has 0 saturated heterocycles. The minimum Gasteiger partial charge on any atom is -0.444 e. The molecule has 0 unspecified atom stereocenters. The lowest BCUT2D eigenvalue weighted by atomic mass is 10.1. The van der Waals surface area contributed by atoms with Gasteiger partial charge in [-0.05, 0) is 39.0 Å². The minimum atomic E-state index is -4.70. The van der Waals surface area contributed by atoms with Gasteiger partial charge in [-0.3, -0.25) is 4.98 Å². The zero-order valence-electron chi connectivity index (χ0n) is 13.2. The number of halogens is 4. The number of carbonyl (C=O) groups excluding carboxylic acids is 1. The van der Waals surface area contributed by atoms with Gasteiger partial charge in [-0.25, -0.2) is 4.79 Å². The summed E-state index contributed by atoms with van der Waals surface area (Å²) < 4.78 is 45.7. The summed E-state index contributed by atoms with van der Waals surface area (Å²) in [5, 5.41) is 2.54. The first-order valence-corrected chi connectivity index (χ1v) is 7.87. The molecular weight excluding hydrogens is 389 g/mol. The second-order valence-electron chi connectivity index (χ2n) is 6.19. The minimum absolute atomic E-state index is 0.307. The summed E-state index contributed by atoms with van der Waals surface area (Å²) in [5.41, 5.74) is -0.817. The number of hydrogen-bond donors (Lipinski definition) is 1. The summed E-state index contributed by atoms with van der Waals surface area (Å²) in [6, 6.07) is 5.63. The van der Waals surface area contributed by atoms with Crippen LogP contribution in [0.15, 0.2) is 34.8 Å². The van der Waals surface area contributed by atoms with Gasteiger partial charge in [-0.2, -0.15) is 13.2 Å². The number of amides is 1. The maximum atomic E-state index is 13.4. The number of rotatable bonds is 2. The first kappa shape index (κ1) is 18.5. The maximum absolute atomic E-state index is 13.4. The van der Waals surface area contributed by atoms with E-state index in [4.69, 9.17) is 4.74 Å². The lowest BCUT2D eigenvalue weighted by molar-refractivity contribution is -0.157. The van der Waals surface area contributed by atoms with Crippen molar-refractivity contribution in [3.8, 4) is 0 Å². The Labute approximate surface area is 145 Å². The third kappa shape index (κ3) is 4.83. The highest BCUT2D eigenvalue weighted by atomic mass is 79.9. The van der Waals surface area contributed by atoms with Gasteiger partial charge in [-0.1, -0.05) is 28.1 Å². The molecule has 24 heavy (non-hydrogen) atoms. The number of nitrogens with one attached hydrogen (secondary N) is 1. The Morgan fingerprint density at radius 2 is 1.83 bits per heavy atom. The molecule has 0 saturated carbocycles. The molecule has 1 amide bonds. The largest absolute Gasteiger partial charge is 0.444 e. The number of benzene rings is 1. The van der Waals surface area contributed by atoms with E-state index >= 15 is 0 Å². The number of fused-ring (bicyclic) bond motifs is 1. The summed E-state index contributed by atoms with van der Waals surface area (Å²) in [6.07, 6.45) is -5.86. The van der Waals surface area contributed by atoms with E-state index in [0.29, 0.717) is 15.4 Å². The fraction of sp³-hybridized carbons (Fsp3) is 0.375. The van der Waals surface area contributed by atoms with Crippen LogP contribution >= 0.6 is 15.9 Å². The SMILES string of the molecule is CC(C)(C)OC(=O)N[C@@H](c1ccc2ccc(Br)cc2n1)C(F)(F)F. The Bertz CT molecular complexity index is 757. The standard InChI is InChI=1S/C16H16BrF3N2O2/c1-15(2,3)24-14(23)22-13(16(18,19)20)11-7-5-9-4-6-10(17)8-12(9)21-11/h4-8,13H,1-3H3,(H,22,23)/t13-/m0/s1. The highest BCUT2D eigenvalue weighted by Gasteiger charge is 2.43. The molecule has 0 spiro atoms. The van der Waals surface area contributed by atoms with Gasteiger partial charge in [0, 0.05) is 9.86 Å². The lowest BCUT2D eigenvalue weighted by Crippen LogP contribution is -2.41. The molecule has 130 valence electrons. The molecule has 1 N–H and O–H groups in total. The zero-order chi connectivity index (χ0) is 18.1. The van der Waals surface area contributed by atoms with Crippen molar-refractivity contribution in [2.45, 2.75) is 38.6 Å². The van der Waals surface area contributed by atoms with E-state index < -0.39 is 23.9 Å². The molecule has 1 aromatic heterocycles. The highest BCUT2D eigenvalue weighted by Crippen LogP contribution is 2.33. The fourth-order valence-electron chi connectivity index (χ4n) is 2.02. The number of hydrogen-bond acceptors (Lipinski definition) is 3. The third-order valence-electron chi connectivity index (χ3n) is 2.96. The van der Waals surface area contributed by atoms with Crippen molar-refractivity contribution in [2.24, 2.45) is 0 Å². The van der Waals surface area contributed by atoms with Crippen molar-refractivity contribution >= 4 is 32.9 Å². The third-order valence-corrected chi connectivity index (χ3v) is 3.45. The van der Waals surface area contributed by atoms with Gasteiger partial charge >= 0.3 is 12.3 Å². The van der Waals surface area contributed by atoms with Crippen LogP contribution in [0, 0.1) is 0 Å². The van der Waals surface area contributed by atoms with E-state index in [1.165, 1.54) is 12.1 Å². The van der Waals surface area contributed by atoms with Crippen molar-refractivity contribution in [1.82, 2.24) is 10.3 Å². The van der Waals surface area contributed by atoms with Crippen LogP contribution in [0.4, 0.5) is 18.0 Å². The topological polar surface area (TPSA) is 51.2 Å². The molecule has 1 heterocycles. The van der Waals surface area contributed by atoms with Crippen molar-refractivity contribution in [3.05, 3.63) is 40.5 Å². The Morgan fingerprint density at radius 1 is 1.21 bits per heavy atom. The van der Waals surface area contributed by atoms with Crippen molar-refractivity contribution in [3.63, 3.8) is 0 Å². The molecule has 4 nitrogen and oxygen atoms in total. The van der Waals surface area contributed by atoms with Crippen LogP contribution in [0.1, 0.15) is 32.5 Å². The average Bonchev–Trinajstić information content (AvgIpc) is 2.41. The van der Waals surface area contributed by atoms with Crippen LogP contribution in [0.5, 0.6) is 0 Å². The Kier molecular flexibility index (Phi) is 5.08. The van der Waals surface area contributed by atoms with E-state index in [9.17, 15) is 18.0 Å². The van der Waals surface area contributed by atoms with Crippen molar-refractivity contribution in [1.29, 1.82) is 0 Å². The monoisotopic (exact) mass is 404 g/mol. The predicted octanol–water partition coefficient (Wildman–Crippen LogP) is 5.13. The van der Waals surface area contributed by atoms with Gasteiger partial charge in [0.15, 0.2) is 6.04 Å². The fourth-order valence-corrected chi connectivity index (χ4v) is 2.36. The second-order valence-corrected chi connectivity index (χ2v) is 7.11. The van der Waals surface area contributed by atoms with Crippen molar-refractivity contribution in [2.75, 3.05) is 0 Å². The molecule has 2 aromatic rings. The Balaban J connectivity index is 2.36. The molecule has 1 aromatic carbocycles. The number of pyridine rings is 1. The summed E-state index contributed by atoms with van der Waals surface area (Å²) in [5.74, 6) is 0. The Hall–Kier alpha value is -1.83. The van der Waals surface area contributed by atoms with Crippen molar-refractivity contribution < 1.29 is 22.7 Å². The van der Waals surface area contributed by atoms with Crippen LogP contribution in [-0.2, 0) is 4.74 Å². The van der Waals surface area contributed by atoms with Crippen LogP contribution < -0.4 is 5.32 Å². The smallest absolute Gasteiger partial charge is 0.414 e. The number of nitrogens with zero attached hydrogens (tertiary/aromatic N) is 1. The average molecular weight is 405 g/mol. The van der Waals surface area contributed by atoms with Gasteiger partial charge in [0.1, 0.15) is 5.60 Å². The van der Waals surface area contributed by atoms with Gasteiger partial charge in [-0.15, -0.1) is 0 Å². The number of alkyl carbamates (subject to hydrolysis) is 1. The maximum Gasteiger partial charge on any atom is 0.414 e. The zero-order valence-corrected chi connectivity index (χ0v) is 14.8. The second kappa shape index (κ2) is 6.58. The number of alkyl halides is 3. The number of aromatic nitrogens is 1. The molecule has 8 heteroatoms. The lowest BCUT2D eigenvalue weighted by Gasteiger charge is -2.25. The van der Waals surface area contributed by atoms with Gasteiger partial charge in [0.25, 0.3) is 0 Å². The molecule has 0 radical (unpaired) electrons. The molecule has 0 aliphatic carbocycles. The molecule has 0 aliphatic rings. The van der Waals surface area contributed by atoms with Crippen LogP contribution in [0.2, 0.25) is 0 Å². The first-order valence-electron chi connectivity index (χ1n) is 7.08. The van der Waals surface area contributed by atoms with E-state index in [1.807, 2.05) is 5.32 Å². The van der Waals surface area contributed by atoms with Gasteiger partial charge in [0.05, 0.1) is 11.2 Å². The summed E-state index contributed by atoms with van der Waals surface area (Å²) >= 11 is 3.25. The molecule has 0 aliphatic heterocycles. The number of carbonyl (C=O) groups is 1. The van der Waals surface area contributed by atoms with E-state index in [0.717, 1.165) is 0 Å². The van der Waals surface area contributed by atoms with E-state index in [2.05, 4.69) is 20.9 Å². The predicted molar refractivity (Wildman–Crippen MR) is 87.6 cm³/mol. The highest BCUT2D eigenvalue weighted by molar-refractivity contribution is 9.10. The molecular formula is C16H16BrF3N2O2. The molecule has 1 atom stereocenters. The van der Waals surface area contributed by atoms with Crippen LogP contribution in [-0.4, -0.2) is 22.9 Å². The molecule has 0 fully saturated rings. The quantitative estimate of drug-likeness (QED) is 0.754. The number of ether oxygens (including phenoxy) is 1. The van der Waals surface area contributed by atoms with Gasteiger partial charge in [0.2, 0.25) is 0 Å². The van der Waals surface area contributed by atoms with Crippen LogP contribution in [0.25, 0.3) is 10.9 Å².